The van der Waals surface area contributed by atoms with Gasteiger partial charge in [0, 0.05) is 11.3 Å². The Bertz CT molecular complexity index is 1100. The third kappa shape index (κ3) is 4.53. The van der Waals surface area contributed by atoms with E-state index in [1.165, 1.54) is 7.11 Å². The van der Waals surface area contributed by atoms with Crippen LogP contribution in [0.2, 0.25) is 0 Å². The lowest BCUT2D eigenvalue weighted by molar-refractivity contribution is 0.0733. The van der Waals surface area contributed by atoms with Crippen LogP contribution >= 0.6 is 0 Å². The minimum absolute atomic E-state index is 0.0201. The maximum absolute atomic E-state index is 13.5. The maximum atomic E-state index is 13.5. The lowest BCUT2D eigenvalue weighted by Gasteiger charge is -2.36. The van der Waals surface area contributed by atoms with Crippen molar-refractivity contribution in [2.75, 3.05) is 7.11 Å². The number of hydrogen-bond donors (Lipinski definition) is 1. The molecule has 1 N–H and O–H groups in total. The summed E-state index contributed by atoms with van der Waals surface area (Å²) < 4.78 is 5.21. The van der Waals surface area contributed by atoms with Crippen LogP contribution in [0.25, 0.3) is 6.08 Å². The number of phenolic OH excluding ortho intramolecular Hbond substituents is 1. The van der Waals surface area contributed by atoms with E-state index in [9.17, 15) is 9.90 Å². The molecule has 4 rings (SSSR count). The first-order valence-electron chi connectivity index (χ1n) is 10.4. The summed E-state index contributed by atoms with van der Waals surface area (Å²) in [4.78, 5) is 15.4. The van der Waals surface area contributed by atoms with E-state index in [-0.39, 0.29) is 17.7 Å². The number of ether oxygens (including phenoxy) is 1. The quantitative estimate of drug-likeness (QED) is 0.562. The molecule has 0 spiro atoms. The zero-order chi connectivity index (χ0) is 21.6. The Morgan fingerprint density at radius 3 is 2.42 bits per heavy atom. The molecule has 3 aromatic carbocycles. The van der Waals surface area contributed by atoms with Crippen LogP contribution in [0.3, 0.4) is 0 Å². The van der Waals surface area contributed by atoms with E-state index in [1.54, 1.807) is 12.1 Å². The molecule has 156 valence electrons. The first-order valence-corrected chi connectivity index (χ1v) is 10.4. The third-order valence-electron chi connectivity index (χ3n) is 5.46. The van der Waals surface area contributed by atoms with Gasteiger partial charge in [-0.1, -0.05) is 66.7 Å². The molecule has 1 amide bonds. The van der Waals surface area contributed by atoms with Crippen molar-refractivity contribution in [1.82, 2.24) is 4.90 Å². The van der Waals surface area contributed by atoms with Gasteiger partial charge in [-0.3, -0.25) is 4.79 Å². The molecule has 0 bridgehead atoms. The first kappa shape index (κ1) is 20.5. The summed E-state index contributed by atoms with van der Waals surface area (Å²) in [7, 11) is 1.52. The molecule has 1 aliphatic rings. The van der Waals surface area contributed by atoms with Crippen molar-refractivity contribution in [2.45, 2.75) is 18.9 Å². The number of methoxy groups -OCH3 is 1. The summed E-state index contributed by atoms with van der Waals surface area (Å²) in [5.74, 6) is 0.494. The second-order valence-electron chi connectivity index (χ2n) is 7.44. The number of hydrogen-bond acceptors (Lipinski definition) is 3. The van der Waals surface area contributed by atoms with E-state index in [0.29, 0.717) is 11.3 Å². The van der Waals surface area contributed by atoms with E-state index in [1.807, 2.05) is 71.6 Å². The number of benzene rings is 3. The average Bonchev–Trinajstić information content (AvgIpc) is 2.84. The molecule has 0 saturated carbocycles. The van der Waals surface area contributed by atoms with Gasteiger partial charge in [0.15, 0.2) is 11.5 Å². The fourth-order valence-electron chi connectivity index (χ4n) is 3.89. The molecular weight excluding hydrogens is 386 g/mol. The number of amides is 1. The van der Waals surface area contributed by atoms with Gasteiger partial charge in [0.1, 0.15) is 0 Å². The fraction of sp³-hybridized carbons (Fsp3) is 0.148. The van der Waals surface area contributed by atoms with Crippen molar-refractivity contribution >= 4 is 12.0 Å². The van der Waals surface area contributed by atoms with E-state index in [4.69, 9.17) is 4.74 Å². The third-order valence-corrected chi connectivity index (χ3v) is 5.46. The molecule has 0 fully saturated rings. The van der Waals surface area contributed by atoms with Crippen molar-refractivity contribution in [3.8, 4) is 11.5 Å². The van der Waals surface area contributed by atoms with Crippen molar-refractivity contribution in [3.63, 3.8) is 0 Å². The highest BCUT2D eigenvalue weighted by atomic mass is 16.5. The fourth-order valence-corrected chi connectivity index (χ4v) is 3.89. The SMILES string of the molecule is COc1cc(C=CC2=CCCC(c3ccccc3)N2C(=O)c2ccccc2)ccc1O. The normalized spacial score (nSPS) is 16.2. The van der Waals surface area contributed by atoms with Crippen LogP contribution in [-0.2, 0) is 0 Å². The number of aromatic hydroxyl groups is 1. The molecule has 0 aliphatic carbocycles. The Labute approximate surface area is 182 Å². The molecule has 1 atom stereocenters. The number of carbonyl (C=O) groups excluding carboxylic acids is 1. The Balaban J connectivity index is 1.70. The standard InChI is InChI=1S/C27H25NO3/c1-31-26-19-20(16-18-25(26)29)15-17-23-13-8-14-24(21-9-4-2-5-10-21)28(23)27(30)22-11-6-3-7-12-22/h2-7,9-13,15-19,24,29H,8,14H2,1H3. The molecular formula is C27H25NO3. The molecule has 4 heteroatoms. The largest absolute Gasteiger partial charge is 0.504 e. The van der Waals surface area contributed by atoms with Gasteiger partial charge in [0.25, 0.3) is 5.91 Å². The smallest absolute Gasteiger partial charge is 0.258 e. The molecule has 31 heavy (non-hydrogen) atoms. The lowest BCUT2D eigenvalue weighted by atomic mass is 9.94. The summed E-state index contributed by atoms with van der Waals surface area (Å²) in [6.07, 6.45) is 7.76. The highest BCUT2D eigenvalue weighted by Gasteiger charge is 2.30. The Morgan fingerprint density at radius 2 is 1.71 bits per heavy atom. The minimum Gasteiger partial charge on any atom is -0.504 e. The number of carbonyl (C=O) groups is 1. The van der Waals surface area contributed by atoms with Crippen molar-refractivity contribution < 1.29 is 14.6 Å². The molecule has 0 radical (unpaired) electrons. The van der Waals surface area contributed by atoms with Crippen LogP contribution in [0.4, 0.5) is 0 Å². The number of rotatable bonds is 5. The molecule has 4 nitrogen and oxygen atoms in total. The van der Waals surface area contributed by atoms with E-state index in [2.05, 4.69) is 18.2 Å². The topological polar surface area (TPSA) is 49.8 Å². The van der Waals surface area contributed by atoms with Gasteiger partial charge in [-0.15, -0.1) is 0 Å². The van der Waals surface area contributed by atoms with Crippen LogP contribution in [0, 0.1) is 0 Å². The molecule has 0 aromatic heterocycles. The zero-order valence-corrected chi connectivity index (χ0v) is 17.4. The second kappa shape index (κ2) is 9.35. The Morgan fingerprint density at radius 1 is 1.00 bits per heavy atom. The summed E-state index contributed by atoms with van der Waals surface area (Å²) in [6, 6.07) is 24.7. The van der Waals surface area contributed by atoms with Gasteiger partial charge < -0.3 is 14.7 Å². The number of allylic oxidation sites excluding steroid dienone is 2. The summed E-state index contributed by atoms with van der Waals surface area (Å²) >= 11 is 0. The minimum atomic E-state index is -0.0343. The number of nitrogens with zero attached hydrogens (tertiary/aromatic N) is 1. The van der Waals surface area contributed by atoms with Gasteiger partial charge in [-0.05, 0) is 54.3 Å². The van der Waals surface area contributed by atoms with E-state index >= 15 is 0 Å². The lowest BCUT2D eigenvalue weighted by Crippen LogP contribution is -2.35. The van der Waals surface area contributed by atoms with Crippen molar-refractivity contribution in [1.29, 1.82) is 0 Å². The van der Waals surface area contributed by atoms with Crippen LogP contribution < -0.4 is 4.74 Å². The van der Waals surface area contributed by atoms with Gasteiger partial charge in [0.05, 0.1) is 13.2 Å². The number of phenols is 1. The van der Waals surface area contributed by atoms with Gasteiger partial charge in [-0.25, -0.2) is 0 Å². The maximum Gasteiger partial charge on any atom is 0.258 e. The van der Waals surface area contributed by atoms with Crippen molar-refractivity contribution in [2.24, 2.45) is 0 Å². The van der Waals surface area contributed by atoms with E-state index < -0.39 is 0 Å². The molecule has 1 aliphatic heterocycles. The molecule has 3 aromatic rings. The van der Waals surface area contributed by atoms with Gasteiger partial charge in [0.2, 0.25) is 0 Å². The first-order chi connectivity index (χ1) is 15.2. The zero-order valence-electron chi connectivity index (χ0n) is 17.4. The predicted molar refractivity (Wildman–Crippen MR) is 123 cm³/mol. The van der Waals surface area contributed by atoms with Crippen LogP contribution in [0.1, 0.15) is 40.4 Å². The van der Waals surface area contributed by atoms with Crippen LogP contribution in [-0.4, -0.2) is 23.0 Å². The monoisotopic (exact) mass is 411 g/mol. The van der Waals surface area contributed by atoms with Crippen molar-refractivity contribution in [3.05, 3.63) is 113 Å². The molecule has 1 unspecified atom stereocenters. The summed E-state index contributed by atoms with van der Waals surface area (Å²) in [6.45, 7) is 0. The Hall–Kier alpha value is -3.79. The van der Waals surface area contributed by atoms with Gasteiger partial charge >= 0.3 is 0 Å². The average molecular weight is 412 g/mol. The molecule has 1 heterocycles. The van der Waals surface area contributed by atoms with E-state index in [0.717, 1.165) is 29.7 Å². The van der Waals surface area contributed by atoms with Crippen LogP contribution in [0.5, 0.6) is 11.5 Å². The summed E-state index contributed by atoms with van der Waals surface area (Å²) in [5.41, 5.74) is 3.53. The van der Waals surface area contributed by atoms with Crippen LogP contribution in [0.15, 0.2) is 96.7 Å². The predicted octanol–water partition coefficient (Wildman–Crippen LogP) is 5.98. The Kier molecular flexibility index (Phi) is 6.18. The highest BCUT2D eigenvalue weighted by molar-refractivity contribution is 5.96. The second-order valence-corrected chi connectivity index (χ2v) is 7.44. The van der Waals surface area contributed by atoms with Gasteiger partial charge in [-0.2, -0.15) is 0 Å². The summed E-state index contributed by atoms with van der Waals surface area (Å²) in [5, 5.41) is 9.84. The highest BCUT2D eigenvalue weighted by Crippen LogP contribution is 2.36. The molecule has 0 saturated heterocycles.